The summed E-state index contributed by atoms with van der Waals surface area (Å²) in [6.07, 6.45) is 2.62. The zero-order chi connectivity index (χ0) is 10.3. The van der Waals surface area contributed by atoms with Gasteiger partial charge in [-0.1, -0.05) is 11.6 Å². The molecule has 0 fully saturated rings. The number of aryl methyl sites for hydroxylation is 1. The van der Waals surface area contributed by atoms with Crippen molar-refractivity contribution >= 4 is 31.3 Å². The Morgan fingerprint density at radius 2 is 1.93 bits per heavy atom. The van der Waals surface area contributed by atoms with Crippen LogP contribution in [0.15, 0.2) is 17.0 Å². The van der Waals surface area contributed by atoms with Gasteiger partial charge in [0.25, 0.3) is 9.05 Å². The minimum absolute atomic E-state index is 0.180. The molecule has 2 rings (SSSR count). The van der Waals surface area contributed by atoms with Gasteiger partial charge in [-0.15, -0.1) is 0 Å². The molecule has 1 aromatic rings. The molecule has 1 aliphatic carbocycles. The summed E-state index contributed by atoms with van der Waals surface area (Å²) in [5.41, 5.74) is 1.85. The van der Waals surface area contributed by atoms with E-state index in [2.05, 4.69) is 0 Å². The van der Waals surface area contributed by atoms with Gasteiger partial charge in [-0.3, -0.25) is 0 Å². The van der Waals surface area contributed by atoms with E-state index >= 15 is 0 Å². The second-order valence-corrected chi connectivity index (χ2v) is 6.30. The predicted octanol–water partition coefficient (Wildman–Crippen LogP) is 2.76. The van der Waals surface area contributed by atoms with Gasteiger partial charge in [-0.25, -0.2) is 8.42 Å². The average Bonchev–Trinajstić information content (AvgIpc) is 2.47. The summed E-state index contributed by atoms with van der Waals surface area (Å²) in [6, 6.07) is 3.24. The molecule has 0 heterocycles. The van der Waals surface area contributed by atoms with E-state index < -0.39 is 9.05 Å². The summed E-state index contributed by atoms with van der Waals surface area (Å²) < 4.78 is 22.5. The molecular formula is C9H8Cl2O2S. The Hall–Kier alpha value is -0.250. The molecule has 5 heteroatoms. The molecule has 0 saturated carbocycles. The van der Waals surface area contributed by atoms with Gasteiger partial charge < -0.3 is 0 Å². The van der Waals surface area contributed by atoms with Gasteiger partial charge >= 0.3 is 0 Å². The molecule has 0 unspecified atom stereocenters. The SMILES string of the molecule is O=S(=O)(Cl)c1cc(Cl)cc2c1CCC2. The average molecular weight is 251 g/mol. The van der Waals surface area contributed by atoms with Crippen LogP contribution in [0.4, 0.5) is 0 Å². The molecule has 76 valence electrons. The van der Waals surface area contributed by atoms with Crippen LogP contribution in [0.25, 0.3) is 0 Å². The first-order valence-corrected chi connectivity index (χ1v) is 6.93. The molecule has 0 N–H and O–H groups in total. The molecule has 0 amide bonds. The van der Waals surface area contributed by atoms with Crippen molar-refractivity contribution in [3.8, 4) is 0 Å². The van der Waals surface area contributed by atoms with Crippen LogP contribution < -0.4 is 0 Å². The second-order valence-electron chi connectivity index (χ2n) is 3.33. The van der Waals surface area contributed by atoms with Gasteiger partial charge in [0, 0.05) is 15.7 Å². The number of halogens is 2. The van der Waals surface area contributed by atoms with Crippen molar-refractivity contribution in [1.29, 1.82) is 0 Å². The normalized spacial score (nSPS) is 15.6. The highest BCUT2D eigenvalue weighted by Crippen LogP contribution is 2.33. The zero-order valence-corrected chi connectivity index (χ0v) is 9.59. The Morgan fingerprint density at radius 1 is 1.21 bits per heavy atom. The third-order valence-electron chi connectivity index (χ3n) is 2.40. The van der Waals surface area contributed by atoms with E-state index in [4.69, 9.17) is 22.3 Å². The zero-order valence-electron chi connectivity index (χ0n) is 7.26. The lowest BCUT2D eigenvalue weighted by Crippen LogP contribution is -1.97. The van der Waals surface area contributed by atoms with Crippen molar-refractivity contribution < 1.29 is 8.42 Å². The highest BCUT2D eigenvalue weighted by atomic mass is 35.7. The van der Waals surface area contributed by atoms with Crippen molar-refractivity contribution in [3.63, 3.8) is 0 Å². The van der Waals surface area contributed by atoms with Crippen LogP contribution in [-0.4, -0.2) is 8.42 Å². The Bertz CT molecular complexity index is 480. The van der Waals surface area contributed by atoms with Crippen LogP contribution in [0.3, 0.4) is 0 Å². The summed E-state index contributed by atoms with van der Waals surface area (Å²) in [6.45, 7) is 0. The Labute approximate surface area is 92.3 Å². The molecular weight excluding hydrogens is 243 g/mol. The summed E-state index contributed by atoms with van der Waals surface area (Å²) in [4.78, 5) is 0.180. The monoisotopic (exact) mass is 250 g/mol. The molecule has 0 aromatic heterocycles. The highest BCUT2D eigenvalue weighted by molar-refractivity contribution is 8.13. The molecule has 0 bridgehead atoms. The number of hydrogen-bond donors (Lipinski definition) is 0. The van der Waals surface area contributed by atoms with Crippen LogP contribution >= 0.6 is 22.3 Å². The van der Waals surface area contributed by atoms with Crippen LogP contribution in [-0.2, 0) is 21.9 Å². The lowest BCUT2D eigenvalue weighted by Gasteiger charge is -2.05. The van der Waals surface area contributed by atoms with E-state index in [9.17, 15) is 8.42 Å². The van der Waals surface area contributed by atoms with E-state index in [1.807, 2.05) is 6.07 Å². The third-order valence-corrected chi connectivity index (χ3v) is 4.01. The van der Waals surface area contributed by atoms with Crippen LogP contribution in [0.2, 0.25) is 5.02 Å². The second kappa shape index (κ2) is 3.40. The number of fused-ring (bicyclic) bond motifs is 1. The molecule has 1 aliphatic rings. The fourth-order valence-electron chi connectivity index (χ4n) is 1.85. The fourth-order valence-corrected chi connectivity index (χ4v) is 3.36. The van der Waals surface area contributed by atoms with Gasteiger partial charge in [0.1, 0.15) is 0 Å². The largest absolute Gasteiger partial charge is 0.261 e. The molecule has 0 radical (unpaired) electrons. The van der Waals surface area contributed by atoms with Gasteiger partial charge in [0.15, 0.2) is 0 Å². The van der Waals surface area contributed by atoms with E-state index in [0.717, 1.165) is 30.4 Å². The summed E-state index contributed by atoms with van der Waals surface area (Å²) in [7, 11) is 1.66. The summed E-state index contributed by atoms with van der Waals surface area (Å²) in [5.74, 6) is 0. The third kappa shape index (κ3) is 1.76. The van der Waals surface area contributed by atoms with Gasteiger partial charge in [0.05, 0.1) is 4.90 Å². The number of rotatable bonds is 1. The van der Waals surface area contributed by atoms with Crippen LogP contribution in [0.1, 0.15) is 17.5 Å². The Balaban J connectivity index is 2.72. The first-order chi connectivity index (χ1) is 6.48. The standard InChI is InChI=1S/C9H8Cl2O2S/c10-7-4-6-2-1-3-8(6)9(5-7)14(11,12)13/h4-5H,1-3H2. The summed E-state index contributed by atoms with van der Waals surface area (Å²) in [5, 5.41) is 0.435. The Kier molecular flexibility index (Phi) is 2.50. The molecule has 0 atom stereocenters. The van der Waals surface area contributed by atoms with E-state index in [1.165, 1.54) is 6.07 Å². The molecule has 0 spiro atoms. The van der Waals surface area contributed by atoms with Gasteiger partial charge in [0.2, 0.25) is 0 Å². The van der Waals surface area contributed by atoms with Crippen molar-refractivity contribution in [2.24, 2.45) is 0 Å². The van der Waals surface area contributed by atoms with Crippen LogP contribution in [0, 0.1) is 0 Å². The first-order valence-electron chi connectivity index (χ1n) is 4.24. The van der Waals surface area contributed by atoms with Crippen molar-refractivity contribution in [2.45, 2.75) is 24.2 Å². The lowest BCUT2D eigenvalue weighted by molar-refractivity contribution is 0.608. The maximum absolute atomic E-state index is 11.3. The topological polar surface area (TPSA) is 34.1 Å². The van der Waals surface area contributed by atoms with Gasteiger partial charge in [-0.05, 0) is 42.5 Å². The molecule has 14 heavy (non-hydrogen) atoms. The fraction of sp³-hybridized carbons (Fsp3) is 0.333. The van der Waals surface area contributed by atoms with E-state index in [1.54, 1.807) is 0 Å². The number of hydrogen-bond acceptors (Lipinski definition) is 2. The Morgan fingerprint density at radius 3 is 2.57 bits per heavy atom. The van der Waals surface area contributed by atoms with Gasteiger partial charge in [-0.2, -0.15) is 0 Å². The van der Waals surface area contributed by atoms with E-state index in [0.29, 0.717) is 5.02 Å². The molecule has 0 aliphatic heterocycles. The quantitative estimate of drug-likeness (QED) is 0.719. The first kappa shape index (κ1) is 10.3. The molecule has 0 saturated heterocycles. The van der Waals surface area contributed by atoms with Crippen molar-refractivity contribution in [2.75, 3.05) is 0 Å². The summed E-state index contributed by atoms with van der Waals surface area (Å²) >= 11 is 5.81. The maximum atomic E-state index is 11.3. The molecule has 2 nitrogen and oxygen atoms in total. The minimum Gasteiger partial charge on any atom is -0.207 e. The van der Waals surface area contributed by atoms with Crippen molar-refractivity contribution in [1.82, 2.24) is 0 Å². The predicted molar refractivity (Wildman–Crippen MR) is 56.5 cm³/mol. The number of benzene rings is 1. The van der Waals surface area contributed by atoms with Crippen LogP contribution in [0.5, 0.6) is 0 Å². The van der Waals surface area contributed by atoms with Crippen molar-refractivity contribution in [3.05, 3.63) is 28.3 Å². The lowest BCUT2D eigenvalue weighted by atomic mass is 10.1. The smallest absolute Gasteiger partial charge is 0.207 e. The maximum Gasteiger partial charge on any atom is 0.261 e. The van der Waals surface area contributed by atoms with E-state index in [-0.39, 0.29) is 4.90 Å². The minimum atomic E-state index is -3.66. The highest BCUT2D eigenvalue weighted by Gasteiger charge is 2.22. The molecule has 1 aromatic carbocycles.